The third kappa shape index (κ3) is 1.51. The first kappa shape index (κ1) is 9.84. The van der Waals surface area contributed by atoms with Crippen LogP contribution in [0.1, 0.15) is 0 Å². The predicted molar refractivity (Wildman–Crippen MR) is 68.4 cm³/mol. The normalized spacial score (nSPS) is 11.1. The molecule has 0 aliphatic heterocycles. The van der Waals surface area contributed by atoms with Crippen LogP contribution in [0, 0.1) is 0 Å². The largest absolute Gasteiger partial charge is 0.381 e. The molecule has 3 rings (SSSR count). The highest BCUT2D eigenvalue weighted by Gasteiger charge is 2.05. The van der Waals surface area contributed by atoms with Gasteiger partial charge in [-0.2, -0.15) is 0 Å². The first-order chi connectivity index (χ1) is 7.88. The average Bonchev–Trinajstić information content (AvgIpc) is 2.68. The van der Waals surface area contributed by atoms with Gasteiger partial charge in [-0.15, -0.1) is 11.3 Å². The number of fused-ring (bicyclic) bond motifs is 3. The summed E-state index contributed by atoms with van der Waals surface area (Å²) in [5.74, 6) is 0. The lowest BCUT2D eigenvalue weighted by atomic mass is 9.88. The van der Waals surface area contributed by atoms with Gasteiger partial charge in [-0.3, -0.25) is 5.26 Å². The highest BCUT2D eigenvalue weighted by atomic mass is 32.1. The Hall–Kier alpha value is -1.36. The lowest BCUT2D eigenvalue weighted by Crippen LogP contribution is -2.15. The van der Waals surface area contributed by atoms with Crippen LogP contribution in [0.15, 0.2) is 42.5 Å². The van der Waals surface area contributed by atoms with Crippen molar-refractivity contribution < 1.29 is 10.1 Å². The maximum atomic E-state index is 8.40. The zero-order chi connectivity index (χ0) is 11.0. The molecule has 2 nitrogen and oxygen atoms in total. The molecule has 0 bridgehead atoms. The Bertz CT molecular complexity index is 648. The molecule has 77 valence electrons. The van der Waals surface area contributed by atoms with Gasteiger partial charge in [0, 0.05) is 14.8 Å². The van der Waals surface area contributed by atoms with E-state index in [2.05, 4.69) is 16.9 Å². The third-order valence-corrected chi connectivity index (χ3v) is 3.74. The van der Waals surface area contributed by atoms with Gasteiger partial charge in [-0.25, -0.2) is 0 Å². The van der Waals surface area contributed by atoms with E-state index in [1.54, 1.807) is 11.3 Å². The SMILES string of the molecule is OO[B]c1ccc2sc3ccccc3c2c1. The lowest BCUT2D eigenvalue weighted by Gasteiger charge is -1.96. The molecule has 0 aliphatic carbocycles. The molecule has 0 spiro atoms. The van der Waals surface area contributed by atoms with Crippen molar-refractivity contribution in [2.24, 2.45) is 0 Å². The molecule has 0 atom stereocenters. The molecular weight excluding hydrogens is 219 g/mol. The van der Waals surface area contributed by atoms with Crippen LogP contribution in [-0.2, 0) is 4.81 Å². The van der Waals surface area contributed by atoms with Crippen molar-refractivity contribution in [3.05, 3.63) is 42.5 Å². The van der Waals surface area contributed by atoms with Crippen LogP contribution in [0.4, 0.5) is 0 Å². The fourth-order valence-corrected chi connectivity index (χ4v) is 2.96. The molecular formula is C12H8BO2S. The van der Waals surface area contributed by atoms with Gasteiger partial charge in [0.05, 0.1) is 0 Å². The van der Waals surface area contributed by atoms with E-state index in [0.29, 0.717) is 0 Å². The Labute approximate surface area is 97.3 Å². The fraction of sp³-hybridized carbons (Fsp3) is 0. The maximum Gasteiger partial charge on any atom is 0.381 e. The number of hydrogen-bond acceptors (Lipinski definition) is 3. The van der Waals surface area contributed by atoms with Gasteiger partial charge in [-0.05, 0) is 23.0 Å². The summed E-state index contributed by atoms with van der Waals surface area (Å²) < 4.78 is 2.52. The molecule has 0 saturated carbocycles. The summed E-state index contributed by atoms with van der Waals surface area (Å²) in [6.07, 6.45) is 0. The van der Waals surface area contributed by atoms with Crippen LogP contribution in [0.25, 0.3) is 20.2 Å². The van der Waals surface area contributed by atoms with Gasteiger partial charge in [0.15, 0.2) is 0 Å². The van der Waals surface area contributed by atoms with E-state index >= 15 is 0 Å². The summed E-state index contributed by atoms with van der Waals surface area (Å²) in [6, 6.07) is 14.3. The summed E-state index contributed by atoms with van der Waals surface area (Å²) in [6.45, 7) is 0. The van der Waals surface area contributed by atoms with Gasteiger partial charge in [0.2, 0.25) is 0 Å². The average molecular weight is 227 g/mol. The van der Waals surface area contributed by atoms with E-state index in [9.17, 15) is 0 Å². The summed E-state index contributed by atoms with van der Waals surface area (Å²) in [5.41, 5.74) is 0.860. The van der Waals surface area contributed by atoms with Gasteiger partial charge >= 0.3 is 7.48 Å². The Morgan fingerprint density at radius 2 is 1.81 bits per heavy atom. The molecule has 1 N–H and O–H groups in total. The second-order valence-electron chi connectivity index (χ2n) is 3.58. The molecule has 0 fully saturated rings. The van der Waals surface area contributed by atoms with Gasteiger partial charge < -0.3 is 4.81 Å². The minimum Gasteiger partial charge on any atom is -0.307 e. The lowest BCUT2D eigenvalue weighted by molar-refractivity contribution is -0.135. The van der Waals surface area contributed by atoms with Crippen molar-refractivity contribution >= 4 is 44.5 Å². The third-order valence-electron chi connectivity index (χ3n) is 2.59. The Morgan fingerprint density at radius 1 is 1.00 bits per heavy atom. The van der Waals surface area contributed by atoms with Crippen LogP contribution >= 0.6 is 11.3 Å². The zero-order valence-electron chi connectivity index (χ0n) is 8.38. The summed E-state index contributed by atoms with van der Waals surface area (Å²) in [4.78, 5) is 4.04. The highest BCUT2D eigenvalue weighted by Crippen LogP contribution is 2.32. The molecule has 0 saturated heterocycles. The van der Waals surface area contributed by atoms with Crippen molar-refractivity contribution in [2.75, 3.05) is 0 Å². The Morgan fingerprint density at radius 3 is 2.69 bits per heavy atom. The van der Waals surface area contributed by atoms with Crippen molar-refractivity contribution in [1.82, 2.24) is 0 Å². The zero-order valence-corrected chi connectivity index (χ0v) is 9.20. The van der Waals surface area contributed by atoms with E-state index in [0.717, 1.165) is 5.46 Å². The van der Waals surface area contributed by atoms with Crippen molar-refractivity contribution in [2.45, 2.75) is 0 Å². The fourth-order valence-electron chi connectivity index (χ4n) is 1.88. The van der Waals surface area contributed by atoms with E-state index in [4.69, 9.17) is 5.26 Å². The summed E-state index contributed by atoms with van der Waals surface area (Å²) in [7, 11) is 1.33. The van der Waals surface area contributed by atoms with E-state index < -0.39 is 0 Å². The minimum atomic E-state index is 0.860. The minimum absolute atomic E-state index is 0.860. The van der Waals surface area contributed by atoms with Gasteiger partial charge in [0.25, 0.3) is 0 Å². The number of benzene rings is 2. The van der Waals surface area contributed by atoms with Crippen LogP contribution in [0.5, 0.6) is 0 Å². The van der Waals surface area contributed by atoms with Crippen LogP contribution in [0.2, 0.25) is 0 Å². The topological polar surface area (TPSA) is 29.5 Å². The molecule has 1 radical (unpaired) electrons. The summed E-state index contributed by atoms with van der Waals surface area (Å²) in [5, 5.41) is 10.8. The quantitative estimate of drug-likeness (QED) is 0.414. The molecule has 1 aromatic heterocycles. The van der Waals surface area contributed by atoms with Crippen LogP contribution in [0.3, 0.4) is 0 Å². The molecule has 4 heteroatoms. The predicted octanol–water partition coefficient (Wildman–Crippen LogP) is 2.79. The molecule has 16 heavy (non-hydrogen) atoms. The van der Waals surface area contributed by atoms with Crippen LogP contribution in [-0.4, -0.2) is 12.7 Å². The van der Waals surface area contributed by atoms with E-state index in [1.807, 2.05) is 30.3 Å². The van der Waals surface area contributed by atoms with E-state index in [-0.39, 0.29) is 0 Å². The molecule has 3 aromatic rings. The van der Waals surface area contributed by atoms with Crippen molar-refractivity contribution in [3.63, 3.8) is 0 Å². The maximum absolute atomic E-state index is 8.40. The van der Waals surface area contributed by atoms with Crippen molar-refractivity contribution in [1.29, 1.82) is 0 Å². The number of hydrogen-bond donors (Lipinski definition) is 1. The Kier molecular flexibility index (Phi) is 2.40. The number of thiophene rings is 1. The molecule has 0 aliphatic rings. The molecule has 1 heterocycles. The monoisotopic (exact) mass is 227 g/mol. The highest BCUT2D eigenvalue weighted by molar-refractivity contribution is 7.25. The molecule has 0 unspecified atom stereocenters. The first-order valence-corrected chi connectivity index (χ1v) is 5.75. The number of rotatable bonds is 2. The Balaban J connectivity index is 2.31. The van der Waals surface area contributed by atoms with Crippen LogP contribution < -0.4 is 5.46 Å². The van der Waals surface area contributed by atoms with Gasteiger partial charge in [-0.1, -0.05) is 30.3 Å². The second kappa shape index (κ2) is 3.90. The second-order valence-corrected chi connectivity index (χ2v) is 4.66. The van der Waals surface area contributed by atoms with Crippen molar-refractivity contribution in [3.8, 4) is 0 Å². The standard InChI is InChI=1S/C12H8BO2S/c14-15-13-8-5-6-12-10(7-8)9-3-1-2-4-11(9)16-12/h1-7,14H. The molecule has 0 amide bonds. The van der Waals surface area contributed by atoms with Gasteiger partial charge in [0.1, 0.15) is 0 Å². The molecule has 2 aromatic carbocycles. The summed E-state index contributed by atoms with van der Waals surface area (Å²) >= 11 is 1.77. The van der Waals surface area contributed by atoms with E-state index in [1.165, 1.54) is 27.7 Å². The smallest absolute Gasteiger partial charge is 0.307 e. The first-order valence-electron chi connectivity index (χ1n) is 4.93.